The number of hydrogen-bond donors (Lipinski definition) is 1. The van der Waals surface area contributed by atoms with Crippen molar-refractivity contribution in [3.63, 3.8) is 0 Å². The third-order valence-electron chi connectivity index (χ3n) is 3.58. The van der Waals surface area contributed by atoms with Gasteiger partial charge in [-0.3, -0.25) is 10.1 Å². The van der Waals surface area contributed by atoms with E-state index in [1.807, 2.05) is 12.1 Å². The molecule has 0 fully saturated rings. The Labute approximate surface area is 116 Å². The first-order chi connectivity index (χ1) is 9.75. The van der Waals surface area contributed by atoms with Crippen molar-refractivity contribution in [2.24, 2.45) is 0 Å². The zero-order valence-electron chi connectivity index (χ0n) is 11.0. The van der Waals surface area contributed by atoms with Crippen LogP contribution in [0.1, 0.15) is 19.3 Å². The van der Waals surface area contributed by atoms with Crippen LogP contribution in [0.5, 0.6) is 0 Å². The monoisotopic (exact) mass is 269 g/mol. The average Bonchev–Trinajstić information content (AvgIpc) is 2.48. The SMILES string of the molecule is O=[N+]([O-])c1cccc2c(NC3CC=CCC3)ccnc12. The van der Waals surface area contributed by atoms with Crippen molar-refractivity contribution in [2.75, 3.05) is 5.32 Å². The number of nitrogens with one attached hydrogen (secondary N) is 1. The van der Waals surface area contributed by atoms with Crippen LogP contribution in [0.4, 0.5) is 11.4 Å². The molecule has 20 heavy (non-hydrogen) atoms. The molecule has 0 saturated carbocycles. The first-order valence-electron chi connectivity index (χ1n) is 6.69. The van der Waals surface area contributed by atoms with Crippen molar-refractivity contribution in [1.29, 1.82) is 0 Å². The number of fused-ring (bicyclic) bond motifs is 1. The first kappa shape index (κ1) is 12.6. The van der Waals surface area contributed by atoms with Crippen LogP contribution in [-0.2, 0) is 0 Å². The molecule has 0 amide bonds. The quantitative estimate of drug-likeness (QED) is 0.524. The summed E-state index contributed by atoms with van der Waals surface area (Å²) in [6.45, 7) is 0. The number of hydrogen-bond acceptors (Lipinski definition) is 4. The molecule has 0 bridgehead atoms. The van der Waals surface area contributed by atoms with Gasteiger partial charge in [-0.1, -0.05) is 24.3 Å². The highest BCUT2D eigenvalue weighted by atomic mass is 16.6. The number of nitro groups is 1. The summed E-state index contributed by atoms with van der Waals surface area (Å²) in [5.74, 6) is 0. The number of allylic oxidation sites excluding steroid dienone is 1. The minimum atomic E-state index is -0.386. The number of nitrogens with zero attached hydrogens (tertiary/aromatic N) is 2. The summed E-state index contributed by atoms with van der Waals surface area (Å²) >= 11 is 0. The van der Waals surface area contributed by atoms with E-state index in [1.54, 1.807) is 12.3 Å². The third kappa shape index (κ3) is 2.34. The molecular weight excluding hydrogens is 254 g/mol. The minimum absolute atomic E-state index is 0.0506. The van der Waals surface area contributed by atoms with Crippen LogP contribution in [0.15, 0.2) is 42.6 Å². The smallest absolute Gasteiger partial charge is 0.295 e. The van der Waals surface area contributed by atoms with E-state index in [0.29, 0.717) is 11.6 Å². The van der Waals surface area contributed by atoms with Gasteiger partial charge in [-0.15, -0.1) is 0 Å². The number of pyridine rings is 1. The molecule has 1 aromatic heterocycles. The van der Waals surface area contributed by atoms with E-state index in [-0.39, 0.29) is 10.6 Å². The highest BCUT2D eigenvalue weighted by molar-refractivity contribution is 5.96. The van der Waals surface area contributed by atoms with Crippen molar-refractivity contribution in [1.82, 2.24) is 4.98 Å². The largest absolute Gasteiger partial charge is 0.381 e. The van der Waals surface area contributed by atoms with Crippen molar-refractivity contribution in [2.45, 2.75) is 25.3 Å². The molecule has 1 unspecified atom stereocenters. The van der Waals surface area contributed by atoms with E-state index >= 15 is 0 Å². The summed E-state index contributed by atoms with van der Waals surface area (Å²) in [4.78, 5) is 14.8. The molecule has 1 atom stereocenters. The van der Waals surface area contributed by atoms with E-state index in [0.717, 1.165) is 30.3 Å². The van der Waals surface area contributed by atoms with Gasteiger partial charge in [0.1, 0.15) is 5.52 Å². The van der Waals surface area contributed by atoms with Gasteiger partial charge in [-0.05, 0) is 25.3 Å². The highest BCUT2D eigenvalue weighted by Crippen LogP contribution is 2.29. The fourth-order valence-corrected chi connectivity index (χ4v) is 2.58. The summed E-state index contributed by atoms with van der Waals surface area (Å²) in [5.41, 5.74) is 1.41. The average molecular weight is 269 g/mol. The zero-order valence-corrected chi connectivity index (χ0v) is 11.0. The Balaban J connectivity index is 2.01. The molecule has 2 aromatic rings. The van der Waals surface area contributed by atoms with Crippen molar-refractivity contribution < 1.29 is 4.92 Å². The molecule has 0 spiro atoms. The maximum atomic E-state index is 11.1. The maximum absolute atomic E-state index is 11.1. The number of aromatic nitrogens is 1. The molecule has 0 saturated heterocycles. The molecule has 102 valence electrons. The van der Waals surface area contributed by atoms with Gasteiger partial charge >= 0.3 is 0 Å². The second-order valence-electron chi connectivity index (χ2n) is 4.91. The second kappa shape index (κ2) is 5.28. The van der Waals surface area contributed by atoms with Crippen LogP contribution < -0.4 is 5.32 Å². The van der Waals surface area contributed by atoms with Crippen LogP contribution in [0, 0.1) is 10.1 Å². The van der Waals surface area contributed by atoms with Crippen molar-refractivity contribution >= 4 is 22.3 Å². The van der Waals surface area contributed by atoms with Gasteiger partial charge in [0.2, 0.25) is 0 Å². The lowest BCUT2D eigenvalue weighted by Gasteiger charge is -2.21. The third-order valence-corrected chi connectivity index (χ3v) is 3.58. The van der Waals surface area contributed by atoms with Crippen LogP contribution >= 0.6 is 0 Å². The van der Waals surface area contributed by atoms with Crippen molar-refractivity contribution in [3.8, 4) is 0 Å². The molecule has 1 aliphatic carbocycles. The maximum Gasteiger partial charge on any atom is 0.295 e. The molecule has 1 aromatic carbocycles. The van der Waals surface area contributed by atoms with Gasteiger partial charge in [0.25, 0.3) is 5.69 Å². The summed E-state index contributed by atoms with van der Waals surface area (Å²) in [5, 5.41) is 15.3. The zero-order chi connectivity index (χ0) is 13.9. The number of nitro benzene ring substituents is 1. The Bertz CT molecular complexity index is 682. The fraction of sp³-hybridized carbons (Fsp3) is 0.267. The van der Waals surface area contributed by atoms with E-state index in [4.69, 9.17) is 0 Å². The van der Waals surface area contributed by atoms with Crippen LogP contribution in [0.25, 0.3) is 10.9 Å². The topological polar surface area (TPSA) is 68.1 Å². The van der Waals surface area contributed by atoms with Gasteiger partial charge in [-0.2, -0.15) is 0 Å². The lowest BCUT2D eigenvalue weighted by Crippen LogP contribution is -2.20. The summed E-state index contributed by atoms with van der Waals surface area (Å²) < 4.78 is 0. The van der Waals surface area contributed by atoms with Gasteiger partial charge in [-0.25, -0.2) is 4.98 Å². The summed E-state index contributed by atoms with van der Waals surface area (Å²) in [7, 11) is 0. The predicted molar refractivity (Wildman–Crippen MR) is 78.8 cm³/mol. The summed E-state index contributed by atoms with van der Waals surface area (Å²) in [6.07, 6.45) is 9.12. The van der Waals surface area contributed by atoms with Crippen molar-refractivity contribution in [3.05, 3.63) is 52.7 Å². The normalized spacial score (nSPS) is 18.1. The first-order valence-corrected chi connectivity index (χ1v) is 6.69. The number of non-ortho nitro benzene ring substituents is 1. The van der Waals surface area contributed by atoms with Gasteiger partial charge in [0.05, 0.1) is 4.92 Å². The molecular formula is C15H15N3O2. The van der Waals surface area contributed by atoms with Gasteiger partial charge in [0.15, 0.2) is 0 Å². The number of benzene rings is 1. The Morgan fingerprint density at radius 1 is 1.30 bits per heavy atom. The second-order valence-corrected chi connectivity index (χ2v) is 4.91. The Morgan fingerprint density at radius 3 is 2.95 bits per heavy atom. The van der Waals surface area contributed by atoms with Crippen LogP contribution in [-0.4, -0.2) is 15.9 Å². The number of anilines is 1. The van der Waals surface area contributed by atoms with Crippen LogP contribution in [0.3, 0.4) is 0 Å². The van der Waals surface area contributed by atoms with E-state index < -0.39 is 0 Å². The Morgan fingerprint density at radius 2 is 2.20 bits per heavy atom. The van der Waals surface area contributed by atoms with Gasteiger partial charge in [0, 0.05) is 29.4 Å². The number of para-hydroxylation sites is 1. The molecule has 3 rings (SSSR count). The Kier molecular flexibility index (Phi) is 3.33. The highest BCUT2D eigenvalue weighted by Gasteiger charge is 2.16. The van der Waals surface area contributed by atoms with E-state index in [2.05, 4.69) is 22.5 Å². The lowest BCUT2D eigenvalue weighted by atomic mass is 10.0. The molecule has 5 heteroatoms. The molecule has 0 radical (unpaired) electrons. The van der Waals surface area contributed by atoms with Gasteiger partial charge < -0.3 is 5.32 Å². The summed E-state index contributed by atoms with van der Waals surface area (Å²) in [6, 6.07) is 7.32. The molecule has 0 aliphatic heterocycles. The minimum Gasteiger partial charge on any atom is -0.381 e. The molecule has 1 aliphatic rings. The van der Waals surface area contributed by atoms with E-state index in [1.165, 1.54) is 6.07 Å². The molecule has 1 N–H and O–H groups in total. The lowest BCUT2D eigenvalue weighted by molar-refractivity contribution is -0.383. The standard InChI is InChI=1S/C15H15N3O2/c19-18(20)14-8-4-7-12-13(9-10-16-15(12)14)17-11-5-2-1-3-6-11/h1-2,4,7-11H,3,5-6H2,(H,16,17). The van der Waals surface area contributed by atoms with E-state index in [9.17, 15) is 10.1 Å². The molecule has 5 nitrogen and oxygen atoms in total. The van der Waals surface area contributed by atoms with Crippen LogP contribution in [0.2, 0.25) is 0 Å². The predicted octanol–water partition coefficient (Wildman–Crippen LogP) is 3.66. The molecule has 1 heterocycles. The number of rotatable bonds is 3. The fourth-order valence-electron chi connectivity index (χ4n) is 2.58. The Hall–Kier alpha value is -2.43.